The van der Waals surface area contributed by atoms with Crippen molar-refractivity contribution in [2.75, 3.05) is 31.1 Å². The van der Waals surface area contributed by atoms with Crippen molar-refractivity contribution >= 4 is 16.9 Å². The van der Waals surface area contributed by atoms with E-state index in [4.69, 9.17) is 9.97 Å². The number of anilines is 1. The molecule has 0 amide bonds. The lowest BCUT2D eigenvalue weighted by Crippen LogP contribution is -2.45. The van der Waals surface area contributed by atoms with Gasteiger partial charge in [-0.2, -0.15) is 0 Å². The molecule has 1 aliphatic heterocycles. The Morgan fingerprint density at radius 2 is 1.74 bits per heavy atom. The van der Waals surface area contributed by atoms with Crippen molar-refractivity contribution in [1.82, 2.24) is 24.4 Å². The number of fused-ring (bicyclic) bond motifs is 1. The molecule has 4 aromatic rings. The number of nitrogens with zero attached hydrogens (tertiary/aromatic N) is 6. The fraction of sp³-hybridized carbons (Fsp3) is 0.208. The summed E-state index contributed by atoms with van der Waals surface area (Å²) < 4.78 is 15.5. The van der Waals surface area contributed by atoms with E-state index >= 15 is 0 Å². The molecule has 1 aliphatic rings. The van der Waals surface area contributed by atoms with Crippen LogP contribution in [0.4, 0.5) is 10.2 Å². The van der Waals surface area contributed by atoms with Crippen molar-refractivity contribution in [3.63, 3.8) is 0 Å². The maximum Gasteiger partial charge on any atom is 0.147 e. The minimum Gasteiger partial charge on any atom is -0.372 e. The van der Waals surface area contributed by atoms with Crippen LogP contribution in [0.25, 0.3) is 28.1 Å². The van der Waals surface area contributed by atoms with Gasteiger partial charge in [0.1, 0.15) is 17.5 Å². The molecule has 0 spiro atoms. The van der Waals surface area contributed by atoms with Gasteiger partial charge in [-0.1, -0.05) is 6.58 Å². The smallest absolute Gasteiger partial charge is 0.147 e. The molecule has 0 radical (unpaired) electrons. The zero-order chi connectivity index (χ0) is 21.4. The summed E-state index contributed by atoms with van der Waals surface area (Å²) in [5.74, 6) is 1.43. The predicted octanol–water partition coefficient (Wildman–Crippen LogP) is 4.28. The van der Waals surface area contributed by atoms with Gasteiger partial charge in [0.15, 0.2) is 0 Å². The maximum absolute atomic E-state index is 13.5. The van der Waals surface area contributed by atoms with Crippen LogP contribution in [0.5, 0.6) is 0 Å². The molecule has 0 saturated carbocycles. The van der Waals surface area contributed by atoms with Crippen LogP contribution in [-0.2, 0) is 0 Å². The van der Waals surface area contributed by atoms with E-state index in [1.54, 1.807) is 24.5 Å². The number of aromatic nitrogens is 4. The molecule has 1 aromatic carbocycles. The van der Waals surface area contributed by atoms with Gasteiger partial charge in [-0.3, -0.25) is 9.55 Å². The maximum atomic E-state index is 13.5. The minimum absolute atomic E-state index is 0.273. The Kier molecular flexibility index (Phi) is 4.86. The molecule has 3 aromatic heterocycles. The molecular weight excluding hydrogens is 391 g/mol. The molecule has 0 unspecified atom stereocenters. The predicted molar refractivity (Wildman–Crippen MR) is 121 cm³/mol. The number of hydrogen-bond acceptors (Lipinski definition) is 5. The normalized spacial score (nSPS) is 14.3. The van der Waals surface area contributed by atoms with Gasteiger partial charge in [0.05, 0.1) is 17.2 Å². The number of piperazine rings is 1. The number of hydrogen-bond donors (Lipinski definition) is 0. The van der Waals surface area contributed by atoms with Crippen LogP contribution >= 0.6 is 0 Å². The minimum atomic E-state index is -0.273. The van der Waals surface area contributed by atoms with Crippen LogP contribution in [0.3, 0.4) is 0 Å². The first-order valence-corrected chi connectivity index (χ1v) is 10.3. The van der Waals surface area contributed by atoms with Gasteiger partial charge in [0, 0.05) is 55.5 Å². The molecule has 7 heteroatoms. The fourth-order valence-electron chi connectivity index (χ4n) is 3.99. The largest absolute Gasteiger partial charge is 0.372 e. The molecular formula is C24H23FN6. The molecule has 1 saturated heterocycles. The van der Waals surface area contributed by atoms with E-state index < -0.39 is 0 Å². The lowest BCUT2D eigenvalue weighted by atomic mass is 10.2. The first-order valence-electron chi connectivity index (χ1n) is 10.3. The molecule has 0 N–H and O–H groups in total. The van der Waals surface area contributed by atoms with E-state index in [-0.39, 0.29) is 5.82 Å². The summed E-state index contributed by atoms with van der Waals surface area (Å²) in [6.07, 6.45) is 5.35. The Hall–Kier alpha value is -3.74. The van der Waals surface area contributed by atoms with Crippen LogP contribution in [0, 0.1) is 5.82 Å². The van der Waals surface area contributed by atoms with Gasteiger partial charge in [0.2, 0.25) is 0 Å². The third-order valence-electron chi connectivity index (χ3n) is 5.69. The Bertz CT molecular complexity index is 1220. The quantitative estimate of drug-likeness (QED) is 0.499. The van der Waals surface area contributed by atoms with E-state index in [2.05, 4.69) is 21.4 Å². The molecule has 156 valence electrons. The zero-order valence-electron chi connectivity index (χ0n) is 17.4. The summed E-state index contributed by atoms with van der Waals surface area (Å²) in [4.78, 5) is 18.4. The second-order valence-corrected chi connectivity index (χ2v) is 7.73. The summed E-state index contributed by atoms with van der Waals surface area (Å²) >= 11 is 0. The first kappa shape index (κ1) is 19.2. The monoisotopic (exact) mass is 414 g/mol. The average Bonchev–Trinajstić information content (AvgIpc) is 3.19. The summed E-state index contributed by atoms with van der Waals surface area (Å²) in [5.41, 5.74) is 4.52. The highest BCUT2D eigenvalue weighted by Crippen LogP contribution is 2.29. The third-order valence-corrected chi connectivity index (χ3v) is 5.69. The number of imidazole rings is 1. The molecule has 0 atom stereocenters. The van der Waals surface area contributed by atoms with E-state index in [0.29, 0.717) is 0 Å². The second kappa shape index (κ2) is 7.83. The van der Waals surface area contributed by atoms with Crippen molar-refractivity contribution in [1.29, 1.82) is 0 Å². The van der Waals surface area contributed by atoms with E-state index in [9.17, 15) is 4.39 Å². The molecule has 5 rings (SSSR count). The number of halogens is 1. The highest BCUT2D eigenvalue weighted by Gasteiger charge is 2.19. The van der Waals surface area contributed by atoms with Crippen LogP contribution in [-0.4, -0.2) is 50.6 Å². The van der Waals surface area contributed by atoms with E-state index in [1.165, 1.54) is 12.1 Å². The summed E-state index contributed by atoms with van der Waals surface area (Å²) in [6, 6.07) is 12.4. The highest BCUT2D eigenvalue weighted by molar-refractivity contribution is 5.82. The number of allylic oxidation sites excluding steroid dienone is 1. The number of benzene rings is 1. The first-order chi connectivity index (χ1) is 15.1. The highest BCUT2D eigenvalue weighted by atomic mass is 19.1. The molecule has 0 bridgehead atoms. The van der Waals surface area contributed by atoms with Crippen LogP contribution < -0.4 is 4.90 Å². The molecule has 1 fully saturated rings. The summed E-state index contributed by atoms with van der Waals surface area (Å²) in [5, 5.41) is 0. The molecule has 31 heavy (non-hydrogen) atoms. The molecule has 0 aliphatic carbocycles. The van der Waals surface area contributed by atoms with E-state index in [1.807, 2.05) is 35.9 Å². The number of rotatable bonds is 4. The Morgan fingerprint density at radius 3 is 2.42 bits per heavy atom. The van der Waals surface area contributed by atoms with Crippen molar-refractivity contribution < 1.29 is 4.39 Å². The molecule has 6 nitrogen and oxygen atoms in total. The van der Waals surface area contributed by atoms with Gasteiger partial charge in [-0.05, 0) is 49.4 Å². The van der Waals surface area contributed by atoms with Crippen LogP contribution in [0.15, 0.2) is 73.3 Å². The van der Waals surface area contributed by atoms with Crippen molar-refractivity contribution in [2.24, 2.45) is 0 Å². The van der Waals surface area contributed by atoms with Gasteiger partial charge in [-0.25, -0.2) is 14.4 Å². The lowest BCUT2D eigenvalue weighted by molar-refractivity contribution is 0.322. The third kappa shape index (κ3) is 3.63. The van der Waals surface area contributed by atoms with Gasteiger partial charge in [0.25, 0.3) is 0 Å². The standard InChI is InChI=1S/C24H23FN6/c1-17(2)29-11-13-30(14-12-29)23-8-3-18(15-27-23)24-28-21-9-10-26-16-22(21)31(24)20-6-4-19(25)5-7-20/h3-10,15-16H,1,11-14H2,2H3. The van der Waals surface area contributed by atoms with Gasteiger partial charge < -0.3 is 9.80 Å². The Balaban J connectivity index is 1.49. The molecule has 4 heterocycles. The fourth-order valence-corrected chi connectivity index (χ4v) is 3.99. The van der Waals surface area contributed by atoms with Gasteiger partial charge >= 0.3 is 0 Å². The second-order valence-electron chi connectivity index (χ2n) is 7.73. The van der Waals surface area contributed by atoms with Crippen molar-refractivity contribution in [3.8, 4) is 17.1 Å². The topological polar surface area (TPSA) is 50.1 Å². The van der Waals surface area contributed by atoms with Gasteiger partial charge in [-0.15, -0.1) is 0 Å². The Morgan fingerprint density at radius 1 is 0.968 bits per heavy atom. The summed E-state index contributed by atoms with van der Waals surface area (Å²) in [7, 11) is 0. The Labute approximate surface area is 180 Å². The zero-order valence-corrected chi connectivity index (χ0v) is 17.4. The lowest BCUT2D eigenvalue weighted by Gasteiger charge is -2.36. The van der Waals surface area contributed by atoms with Crippen LogP contribution in [0.1, 0.15) is 6.92 Å². The SMILES string of the molecule is C=C(C)N1CCN(c2ccc(-c3nc4ccncc4n3-c3ccc(F)cc3)cn2)CC1. The summed E-state index contributed by atoms with van der Waals surface area (Å²) in [6.45, 7) is 9.81. The average molecular weight is 414 g/mol. The van der Waals surface area contributed by atoms with Crippen molar-refractivity contribution in [2.45, 2.75) is 6.92 Å². The van der Waals surface area contributed by atoms with E-state index in [0.717, 1.165) is 65.8 Å². The van der Waals surface area contributed by atoms with Crippen LogP contribution in [0.2, 0.25) is 0 Å². The number of pyridine rings is 2. The van der Waals surface area contributed by atoms with Crippen molar-refractivity contribution in [3.05, 3.63) is 79.1 Å².